The molecule has 1 aliphatic rings. The van der Waals surface area contributed by atoms with Gasteiger partial charge in [0, 0.05) is 32.6 Å². The van der Waals surface area contributed by atoms with Gasteiger partial charge in [0.15, 0.2) is 0 Å². The Kier molecular flexibility index (Phi) is 7.48. The van der Waals surface area contributed by atoms with Gasteiger partial charge >= 0.3 is 0 Å². The summed E-state index contributed by atoms with van der Waals surface area (Å²) >= 11 is 0. The fraction of sp³-hybridized carbons (Fsp3) is 0.857. The van der Waals surface area contributed by atoms with Crippen LogP contribution in [-0.4, -0.2) is 49.4 Å². The van der Waals surface area contributed by atoms with E-state index in [-0.39, 0.29) is 17.7 Å². The van der Waals surface area contributed by atoms with Crippen molar-refractivity contribution >= 4 is 11.8 Å². The molecule has 1 saturated heterocycles. The summed E-state index contributed by atoms with van der Waals surface area (Å²) in [5, 5.41) is 6.17. The van der Waals surface area contributed by atoms with Gasteiger partial charge < -0.3 is 15.5 Å². The van der Waals surface area contributed by atoms with Gasteiger partial charge in [-0.05, 0) is 39.7 Å². The molecule has 0 aliphatic carbocycles. The van der Waals surface area contributed by atoms with Crippen molar-refractivity contribution in [3.8, 4) is 0 Å². The first-order valence-electron chi connectivity index (χ1n) is 7.45. The molecule has 2 N–H and O–H groups in total. The maximum atomic E-state index is 11.8. The second kappa shape index (κ2) is 8.91. The van der Waals surface area contributed by atoms with E-state index in [2.05, 4.69) is 10.6 Å². The molecule has 0 aromatic heterocycles. The van der Waals surface area contributed by atoms with Crippen LogP contribution in [0.5, 0.6) is 0 Å². The minimum Gasteiger partial charge on any atom is -0.356 e. The molecule has 0 aromatic carbocycles. The number of amides is 2. The van der Waals surface area contributed by atoms with Crippen LogP contribution in [0.15, 0.2) is 0 Å². The Morgan fingerprint density at radius 2 is 2.05 bits per heavy atom. The van der Waals surface area contributed by atoms with Gasteiger partial charge in [-0.25, -0.2) is 0 Å². The van der Waals surface area contributed by atoms with Crippen LogP contribution in [0.2, 0.25) is 0 Å². The number of carbonyl (C=O) groups is 2. The Labute approximate surface area is 116 Å². The highest BCUT2D eigenvalue weighted by atomic mass is 16.2. The summed E-state index contributed by atoms with van der Waals surface area (Å²) in [7, 11) is 0. The van der Waals surface area contributed by atoms with Crippen molar-refractivity contribution < 1.29 is 9.59 Å². The van der Waals surface area contributed by atoms with Crippen molar-refractivity contribution in [3.05, 3.63) is 0 Å². The Bertz CT molecular complexity index is 284. The quantitative estimate of drug-likeness (QED) is 0.671. The zero-order valence-electron chi connectivity index (χ0n) is 12.2. The van der Waals surface area contributed by atoms with Crippen LogP contribution in [0.3, 0.4) is 0 Å². The van der Waals surface area contributed by atoms with Crippen molar-refractivity contribution in [1.82, 2.24) is 15.5 Å². The predicted molar refractivity (Wildman–Crippen MR) is 75.8 cm³/mol. The molecule has 2 amide bonds. The van der Waals surface area contributed by atoms with E-state index in [0.29, 0.717) is 13.0 Å². The first-order chi connectivity index (χ1) is 9.19. The van der Waals surface area contributed by atoms with Crippen LogP contribution in [0.4, 0.5) is 0 Å². The van der Waals surface area contributed by atoms with E-state index in [9.17, 15) is 9.59 Å². The lowest BCUT2D eigenvalue weighted by atomic mass is 9.99. The Morgan fingerprint density at radius 1 is 1.32 bits per heavy atom. The van der Waals surface area contributed by atoms with Gasteiger partial charge in [-0.1, -0.05) is 0 Å². The lowest BCUT2D eigenvalue weighted by molar-refractivity contribution is -0.131. The predicted octanol–water partition coefficient (Wildman–Crippen LogP) is 0.751. The summed E-state index contributed by atoms with van der Waals surface area (Å²) in [4.78, 5) is 25.4. The highest BCUT2D eigenvalue weighted by Crippen LogP contribution is 2.09. The molecule has 5 nitrogen and oxygen atoms in total. The Balaban J connectivity index is 2.12. The van der Waals surface area contributed by atoms with Crippen LogP contribution in [-0.2, 0) is 9.59 Å². The number of hydrogen-bond donors (Lipinski definition) is 2. The monoisotopic (exact) mass is 269 g/mol. The number of nitrogens with one attached hydrogen (secondary N) is 2. The topological polar surface area (TPSA) is 61.4 Å². The Morgan fingerprint density at radius 3 is 2.63 bits per heavy atom. The molecule has 1 aliphatic heterocycles. The van der Waals surface area contributed by atoms with Crippen LogP contribution in [0, 0.1) is 5.92 Å². The second-order valence-corrected chi connectivity index (χ2v) is 5.00. The normalized spacial score (nSPS) is 18.9. The maximum absolute atomic E-state index is 11.8. The summed E-state index contributed by atoms with van der Waals surface area (Å²) in [5.41, 5.74) is 0. The lowest BCUT2D eigenvalue weighted by Gasteiger charge is -2.22. The average molecular weight is 269 g/mol. The van der Waals surface area contributed by atoms with E-state index in [4.69, 9.17) is 0 Å². The van der Waals surface area contributed by atoms with Gasteiger partial charge in [0.05, 0.1) is 5.92 Å². The molecular formula is C14H27N3O2. The Hall–Kier alpha value is -1.10. The molecule has 1 rings (SSSR count). The zero-order valence-corrected chi connectivity index (χ0v) is 12.2. The zero-order chi connectivity index (χ0) is 14.1. The average Bonchev–Trinajstić information content (AvgIpc) is 2.45. The lowest BCUT2D eigenvalue weighted by Crippen LogP contribution is -2.41. The van der Waals surface area contributed by atoms with Crippen molar-refractivity contribution in [2.75, 3.05) is 32.7 Å². The number of piperidine rings is 1. The van der Waals surface area contributed by atoms with Gasteiger partial charge in [-0.15, -0.1) is 0 Å². The fourth-order valence-corrected chi connectivity index (χ4v) is 2.41. The van der Waals surface area contributed by atoms with Crippen molar-refractivity contribution in [2.24, 2.45) is 5.92 Å². The molecule has 0 saturated carbocycles. The molecule has 1 fully saturated rings. The molecule has 110 valence electrons. The van der Waals surface area contributed by atoms with Gasteiger partial charge in [0.25, 0.3) is 0 Å². The summed E-state index contributed by atoms with van der Waals surface area (Å²) in [5.74, 6) is 0.410. The molecule has 1 unspecified atom stereocenters. The highest BCUT2D eigenvalue weighted by Gasteiger charge is 2.20. The highest BCUT2D eigenvalue weighted by molar-refractivity contribution is 5.79. The molecule has 5 heteroatoms. The van der Waals surface area contributed by atoms with Crippen molar-refractivity contribution in [2.45, 2.75) is 39.5 Å². The minimum atomic E-state index is 0.104. The third-order valence-electron chi connectivity index (χ3n) is 3.65. The number of rotatable bonds is 7. The van der Waals surface area contributed by atoms with Crippen LogP contribution in [0.25, 0.3) is 0 Å². The molecule has 0 spiro atoms. The first kappa shape index (κ1) is 16.0. The number of carbonyl (C=O) groups excluding carboxylic acids is 2. The SMILES string of the molecule is CCN(CC)C(=O)CCCNC(=O)C1CCCNC1. The van der Waals surface area contributed by atoms with Gasteiger partial charge in [0.1, 0.15) is 0 Å². The largest absolute Gasteiger partial charge is 0.356 e. The van der Waals surface area contributed by atoms with E-state index >= 15 is 0 Å². The second-order valence-electron chi connectivity index (χ2n) is 5.00. The number of hydrogen-bond acceptors (Lipinski definition) is 3. The van der Waals surface area contributed by atoms with E-state index in [0.717, 1.165) is 45.4 Å². The van der Waals surface area contributed by atoms with E-state index < -0.39 is 0 Å². The maximum Gasteiger partial charge on any atom is 0.224 e. The van der Waals surface area contributed by atoms with Gasteiger partial charge in [0.2, 0.25) is 11.8 Å². The third-order valence-corrected chi connectivity index (χ3v) is 3.65. The third kappa shape index (κ3) is 5.59. The molecule has 1 heterocycles. The molecule has 0 bridgehead atoms. The van der Waals surface area contributed by atoms with Crippen LogP contribution in [0.1, 0.15) is 39.5 Å². The molecule has 1 atom stereocenters. The van der Waals surface area contributed by atoms with Crippen LogP contribution >= 0.6 is 0 Å². The standard InChI is InChI=1S/C14H27N3O2/c1-3-17(4-2)13(18)8-6-10-16-14(19)12-7-5-9-15-11-12/h12,15H,3-11H2,1-2H3,(H,16,19). The van der Waals surface area contributed by atoms with E-state index in [1.165, 1.54) is 0 Å². The summed E-state index contributed by atoms with van der Waals surface area (Å²) in [6, 6.07) is 0. The first-order valence-corrected chi connectivity index (χ1v) is 7.45. The summed E-state index contributed by atoms with van der Waals surface area (Å²) in [6.45, 7) is 7.89. The van der Waals surface area contributed by atoms with E-state index in [1.807, 2.05) is 18.7 Å². The molecular weight excluding hydrogens is 242 g/mol. The molecule has 0 aromatic rings. The smallest absolute Gasteiger partial charge is 0.224 e. The fourth-order valence-electron chi connectivity index (χ4n) is 2.41. The van der Waals surface area contributed by atoms with Crippen LogP contribution < -0.4 is 10.6 Å². The minimum absolute atomic E-state index is 0.104. The summed E-state index contributed by atoms with van der Waals surface area (Å²) < 4.78 is 0. The van der Waals surface area contributed by atoms with Crippen molar-refractivity contribution in [3.63, 3.8) is 0 Å². The molecule has 0 radical (unpaired) electrons. The summed E-state index contributed by atoms with van der Waals surface area (Å²) in [6.07, 6.45) is 3.28. The number of nitrogens with zero attached hydrogens (tertiary/aromatic N) is 1. The van der Waals surface area contributed by atoms with E-state index in [1.54, 1.807) is 0 Å². The molecule has 19 heavy (non-hydrogen) atoms. The van der Waals surface area contributed by atoms with Gasteiger partial charge in [-0.2, -0.15) is 0 Å². The van der Waals surface area contributed by atoms with Crippen molar-refractivity contribution in [1.29, 1.82) is 0 Å². The van der Waals surface area contributed by atoms with Gasteiger partial charge in [-0.3, -0.25) is 9.59 Å².